The summed E-state index contributed by atoms with van der Waals surface area (Å²) in [5.74, 6) is -0.233. The van der Waals surface area contributed by atoms with Crippen molar-refractivity contribution in [2.45, 2.75) is 26.4 Å². The Bertz CT molecular complexity index is 1320. The van der Waals surface area contributed by atoms with Crippen LogP contribution in [-0.4, -0.2) is 30.2 Å². The van der Waals surface area contributed by atoms with E-state index >= 15 is 0 Å². The van der Waals surface area contributed by atoms with E-state index in [-0.39, 0.29) is 17.5 Å². The number of carbonyl (C=O) groups is 1. The molecule has 4 aromatic rings. The fraction of sp³-hybridized carbons (Fsp3) is 0.190. The van der Waals surface area contributed by atoms with Crippen molar-refractivity contribution >= 4 is 29.0 Å². The normalized spacial score (nSPS) is 12.1. The number of nitrogens with one attached hydrogen (secondary N) is 2. The zero-order valence-electron chi connectivity index (χ0n) is 16.5. The van der Waals surface area contributed by atoms with Gasteiger partial charge in [-0.05, 0) is 62.0 Å². The summed E-state index contributed by atoms with van der Waals surface area (Å²) in [6.07, 6.45) is 3.10. The molecule has 0 spiro atoms. The number of aromatic amines is 1. The van der Waals surface area contributed by atoms with Gasteiger partial charge in [0.1, 0.15) is 12.7 Å². The van der Waals surface area contributed by atoms with E-state index in [1.54, 1.807) is 29.2 Å². The monoisotopic (exact) mass is 420 g/mol. The van der Waals surface area contributed by atoms with Gasteiger partial charge < -0.3 is 10.3 Å². The molecule has 152 valence electrons. The van der Waals surface area contributed by atoms with E-state index in [1.807, 2.05) is 38.1 Å². The average molecular weight is 420 g/mol. The Labute approximate surface area is 177 Å². The van der Waals surface area contributed by atoms with Gasteiger partial charge >= 0.3 is 0 Å². The number of hydrogen-bond donors (Lipinski definition) is 2. The number of nitrogens with zero attached hydrogens (tertiary/aromatic N) is 4. The third-order valence-electron chi connectivity index (χ3n) is 4.98. The lowest BCUT2D eigenvalue weighted by molar-refractivity contribution is 0.0940. The smallest absolute Gasteiger partial charge is 0.262 e. The van der Waals surface area contributed by atoms with Crippen molar-refractivity contribution in [3.05, 3.63) is 81.4 Å². The SMILES string of the molecule is CCn1c(=S)[nH]c2cc(C(=O)N[C@@H](C)c3ccc(-n4cncn4)cc3)ccc2c1=O. The molecule has 2 N–H and O–H groups in total. The van der Waals surface area contributed by atoms with Crippen LogP contribution in [0.4, 0.5) is 0 Å². The molecule has 1 amide bonds. The largest absolute Gasteiger partial charge is 0.346 e. The standard InChI is InChI=1S/C21H20N6O2S/c1-3-26-20(29)17-9-6-15(10-18(17)25-21(26)30)19(28)24-13(2)14-4-7-16(8-5-14)27-12-22-11-23-27/h4-13H,3H2,1-2H3,(H,24,28)(H,25,30)/t13-/m0/s1. The summed E-state index contributed by atoms with van der Waals surface area (Å²) in [5, 5.41) is 7.58. The Morgan fingerprint density at radius 1 is 1.23 bits per heavy atom. The van der Waals surface area contributed by atoms with E-state index in [9.17, 15) is 9.59 Å². The van der Waals surface area contributed by atoms with Gasteiger partial charge in [-0.25, -0.2) is 9.67 Å². The van der Waals surface area contributed by atoms with Gasteiger partial charge in [0.15, 0.2) is 4.77 Å². The van der Waals surface area contributed by atoms with Crippen molar-refractivity contribution in [1.29, 1.82) is 0 Å². The summed E-state index contributed by atoms with van der Waals surface area (Å²) in [6.45, 7) is 4.26. The molecule has 2 heterocycles. The van der Waals surface area contributed by atoms with Crippen molar-refractivity contribution in [1.82, 2.24) is 29.6 Å². The highest BCUT2D eigenvalue weighted by atomic mass is 32.1. The Morgan fingerprint density at radius 3 is 2.67 bits per heavy atom. The van der Waals surface area contributed by atoms with Gasteiger partial charge in [0.05, 0.1) is 22.6 Å². The molecule has 30 heavy (non-hydrogen) atoms. The molecular formula is C21H20N6O2S. The molecule has 0 unspecified atom stereocenters. The first-order valence-corrected chi connectivity index (χ1v) is 9.91. The first-order chi connectivity index (χ1) is 14.5. The Morgan fingerprint density at radius 2 is 2.00 bits per heavy atom. The fourth-order valence-corrected chi connectivity index (χ4v) is 3.63. The van der Waals surface area contributed by atoms with Crippen LogP contribution in [0.3, 0.4) is 0 Å². The lowest BCUT2D eigenvalue weighted by atomic mass is 10.1. The number of benzene rings is 2. The maximum atomic E-state index is 12.8. The predicted octanol–water partition coefficient (Wildman–Crippen LogP) is 3.15. The lowest BCUT2D eigenvalue weighted by Crippen LogP contribution is -2.27. The molecule has 0 aliphatic carbocycles. The van der Waals surface area contributed by atoms with Crippen LogP contribution in [0.15, 0.2) is 59.9 Å². The van der Waals surface area contributed by atoms with Crippen LogP contribution >= 0.6 is 12.2 Å². The number of amides is 1. The van der Waals surface area contributed by atoms with Crippen LogP contribution in [0, 0.1) is 4.77 Å². The molecule has 0 saturated heterocycles. The quantitative estimate of drug-likeness (QED) is 0.484. The zero-order valence-corrected chi connectivity index (χ0v) is 17.3. The van der Waals surface area contributed by atoms with Gasteiger partial charge in [0, 0.05) is 12.1 Å². The first kappa shape index (κ1) is 19.7. The molecule has 0 radical (unpaired) electrons. The van der Waals surface area contributed by atoms with E-state index in [2.05, 4.69) is 20.4 Å². The average Bonchev–Trinajstić information content (AvgIpc) is 3.28. The second-order valence-corrected chi connectivity index (χ2v) is 7.25. The van der Waals surface area contributed by atoms with Crippen LogP contribution < -0.4 is 10.9 Å². The second kappa shape index (κ2) is 8.03. The number of carbonyl (C=O) groups excluding carboxylic acids is 1. The molecule has 1 atom stereocenters. The summed E-state index contributed by atoms with van der Waals surface area (Å²) in [4.78, 5) is 32.2. The molecule has 0 aliphatic heterocycles. The minimum absolute atomic E-state index is 0.163. The van der Waals surface area contributed by atoms with Gasteiger partial charge in [-0.1, -0.05) is 12.1 Å². The number of fused-ring (bicyclic) bond motifs is 1. The molecule has 4 rings (SSSR count). The van der Waals surface area contributed by atoms with Gasteiger partial charge in [-0.3, -0.25) is 14.2 Å². The molecule has 0 saturated carbocycles. The maximum absolute atomic E-state index is 12.8. The van der Waals surface area contributed by atoms with E-state index in [1.165, 1.54) is 10.9 Å². The number of rotatable bonds is 5. The summed E-state index contributed by atoms with van der Waals surface area (Å²) in [5.41, 5.74) is 2.68. The van der Waals surface area contributed by atoms with E-state index in [0.29, 0.717) is 27.8 Å². The minimum atomic E-state index is -0.233. The molecular weight excluding hydrogens is 400 g/mol. The second-order valence-electron chi connectivity index (χ2n) is 6.87. The highest BCUT2D eigenvalue weighted by Gasteiger charge is 2.14. The predicted molar refractivity (Wildman–Crippen MR) is 116 cm³/mol. The molecule has 0 bridgehead atoms. The summed E-state index contributed by atoms with van der Waals surface area (Å²) in [6, 6.07) is 12.5. The Hall–Kier alpha value is -3.59. The topological polar surface area (TPSA) is 97.6 Å². The van der Waals surface area contributed by atoms with Crippen LogP contribution in [0.1, 0.15) is 35.8 Å². The lowest BCUT2D eigenvalue weighted by Gasteiger charge is -2.15. The third kappa shape index (κ3) is 3.67. The van der Waals surface area contributed by atoms with Crippen molar-refractivity contribution in [3.63, 3.8) is 0 Å². The van der Waals surface area contributed by atoms with E-state index in [0.717, 1.165) is 11.3 Å². The van der Waals surface area contributed by atoms with Gasteiger partial charge in [0.25, 0.3) is 11.5 Å². The van der Waals surface area contributed by atoms with Gasteiger partial charge in [-0.15, -0.1) is 0 Å². The molecule has 9 heteroatoms. The van der Waals surface area contributed by atoms with Crippen LogP contribution in [-0.2, 0) is 6.54 Å². The number of H-pyrrole nitrogens is 1. The van der Waals surface area contributed by atoms with Crippen LogP contribution in [0.25, 0.3) is 16.6 Å². The molecule has 0 fully saturated rings. The minimum Gasteiger partial charge on any atom is -0.346 e. The van der Waals surface area contributed by atoms with Crippen LogP contribution in [0.5, 0.6) is 0 Å². The van der Waals surface area contributed by atoms with Gasteiger partial charge in [-0.2, -0.15) is 5.10 Å². The molecule has 2 aromatic heterocycles. The van der Waals surface area contributed by atoms with E-state index in [4.69, 9.17) is 12.2 Å². The van der Waals surface area contributed by atoms with Crippen molar-refractivity contribution in [2.75, 3.05) is 0 Å². The van der Waals surface area contributed by atoms with Crippen molar-refractivity contribution < 1.29 is 4.79 Å². The summed E-state index contributed by atoms with van der Waals surface area (Å²) in [7, 11) is 0. The number of aromatic nitrogens is 5. The summed E-state index contributed by atoms with van der Waals surface area (Å²) < 4.78 is 3.49. The zero-order chi connectivity index (χ0) is 21.3. The van der Waals surface area contributed by atoms with E-state index < -0.39 is 0 Å². The highest BCUT2D eigenvalue weighted by molar-refractivity contribution is 7.71. The molecule has 0 aliphatic rings. The van der Waals surface area contributed by atoms with Gasteiger partial charge in [0.2, 0.25) is 0 Å². The van der Waals surface area contributed by atoms with Crippen molar-refractivity contribution in [3.8, 4) is 5.69 Å². The van der Waals surface area contributed by atoms with Crippen LogP contribution in [0.2, 0.25) is 0 Å². The third-order valence-corrected chi connectivity index (χ3v) is 5.31. The fourth-order valence-electron chi connectivity index (χ4n) is 3.30. The molecule has 2 aromatic carbocycles. The molecule has 8 nitrogen and oxygen atoms in total. The van der Waals surface area contributed by atoms with Crippen molar-refractivity contribution in [2.24, 2.45) is 0 Å². The Balaban J connectivity index is 1.55. The summed E-state index contributed by atoms with van der Waals surface area (Å²) >= 11 is 5.25. The maximum Gasteiger partial charge on any atom is 0.262 e. The number of hydrogen-bond acceptors (Lipinski definition) is 5. The Kier molecular flexibility index (Phi) is 5.28. The highest BCUT2D eigenvalue weighted by Crippen LogP contribution is 2.17. The first-order valence-electron chi connectivity index (χ1n) is 9.50.